The monoisotopic (exact) mass is 294 g/mol. The zero-order chi connectivity index (χ0) is 15.5. The van der Waals surface area contributed by atoms with Crippen LogP contribution in [0.1, 0.15) is 19.3 Å². The summed E-state index contributed by atoms with van der Waals surface area (Å²) in [7, 11) is 0. The van der Waals surface area contributed by atoms with Crippen LogP contribution < -0.4 is 5.32 Å². The number of ether oxygens (including phenoxy) is 1. The Morgan fingerprint density at radius 3 is 2.40 bits per heavy atom. The molecule has 0 aromatic carbocycles. The van der Waals surface area contributed by atoms with Gasteiger partial charge in [-0.2, -0.15) is 0 Å². The minimum Gasteiger partial charge on any atom is -0.481 e. The summed E-state index contributed by atoms with van der Waals surface area (Å²) in [6, 6.07) is -1.38. The lowest BCUT2D eigenvalue weighted by molar-refractivity contribution is -0.757. The largest absolute Gasteiger partial charge is 0.481 e. The van der Waals surface area contributed by atoms with Gasteiger partial charge in [-0.25, -0.2) is 9.59 Å². The predicted octanol–water partition coefficient (Wildman–Crippen LogP) is -0.371. The van der Waals surface area contributed by atoms with Crippen molar-refractivity contribution in [3.8, 4) is 0 Å². The summed E-state index contributed by atoms with van der Waals surface area (Å²) in [6.45, 7) is -0.466. The molecule has 11 heteroatoms. The number of aliphatic carboxylic acids is 2. The molecule has 1 atom stereocenters. The molecule has 0 fully saturated rings. The average molecular weight is 294 g/mol. The van der Waals surface area contributed by atoms with Gasteiger partial charge in [0.2, 0.25) is 0 Å². The lowest BCUT2D eigenvalue weighted by Crippen LogP contribution is -2.41. The van der Waals surface area contributed by atoms with Crippen LogP contribution in [0.5, 0.6) is 0 Å². The van der Waals surface area contributed by atoms with Crippen molar-refractivity contribution in [2.24, 2.45) is 0 Å². The number of nitrogens with one attached hydrogen (secondary N) is 1. The summed E-state index contributed by atoms with van der Waals surface area (Å²) < 4.78 is 4.55. The number of alkyl carbamates (subject to hydrolysis) is 1. The lowest BCUT2D eigenvalue weighted by Gasteiger charge is -2.13. The smallest absolute Gasteiger partial charge is 0.407 e. The highest BCUT2D eigenvalue weighted by atomic mass is 16.9. The van der Waals surface area contributed by atoms with E-state index in [0.29, 0.717) is 0 Å². The quantitative estimate of drug-likeness (QED) is 0.276. The second-order valence-electron chi connectivity index (χ2n) is 3.51. The Labute approximate surface area is 112 Å². The standard InChI is InChI=1S/C9H14N2O9/c12-7(13)3-2-6(8(14)15)10-9(16)19-4-1-5-20-11(17)18/h6H,1-5H2,(H,10,16)(H,12,13)(H,14,15). The Hall–Kier alpha value is -2.59. The SMILES string of the molecule is O=C(O)CCC(NC(=O)OCCCO[N+](=O)[O-])C(=O)O. The first-order valence-corrected chi connectivity index (χ1v) is 5.48. The van der Waals surface area contributed by atoms with Crippen LogP contribution in [0.3, 0.4) is 0 Å². The van der Waals surface area contributed by atoms with Crippen LogP contribution in [0.15, 0.2) is 0 Å². The Kier molecular flexibility index (Phi) is 8.14. The van der Waals surface area contributed by atoms with E-state index in [4.69, 9.17) is 10.2 Å². The normalized spacial score (nSPS) is 11.2. The lowest BCUT2D eigenvalue weighted by atomic mass is 10.1. The highest BCUT2D eigenvalue weighted by molar-refractivity contribution is 5.80. The maximum atomic E-state index is 11.2. The molecular formula is C9H14N2O9. The highest BCUT2D eigenvalue weighted by Gasteiger charge is 2.21. The van der Waals surface area contributed by atoms with Gasteiger partial charge < -0.3 is 25.1 Å². The van der Waals surface area contributed by atoms with E-state index in [2.05, 4.69) is 9.57 Å². The third kappa shape index (κ3) is 9.44. The molecule has 0 rings (SSSR count). The van der Waals surface area contributed by atoms with Gasteiger partial charge in [0.05, 0.1) is 13.2 Å². The molecule has 0 radical (unpaired) electrons. The van der Waals surface area contributed by atoms with E-state index in [1.54, 1.807) is 0 Å². The minimum absolute atomic E-state index is 0.0568. The molecule has 0 bridgehead atoms. The van der Waals surface area contributed by atoms with Crippen molar-refractivity contribution in [3.05, 3.63) is 10.1 Å². The molecule has 3 N–H and O–H groups in total. The Bertz CT molecular complexity index is 370. The van der Waals surface area contributed by atoms with E-state index < -0.39 is 35.6 Å². The molecule has 0 aromatic rings. The van der Waals surface area contributed by atoms with Crippen molar-refractivity contribution in [2.45, 2.75) is 25.3 Å². The maximum absolute atomic E-state index is 11.2. The Morgan fingerprint density at radius 1 is 1.25 bits per heavy atom. The van der Waals surface area contributed by atoms with Crippen molar-refractivity contribution in [2.75, 3.05) is 13.2 Å². The number of carboxylic acids is 2. The number of carboxylic acid groups (broad SMARTS) is 2. The summed E-state index contributed by atoms with van der Waals surface area (Å²) >= 11 is 0. The predicted molar refractivity (Wildman–Crippen MR) is 60.3 cm³/mol. The number of hydrogen-bond donors (Lipinski definition) is 3. The van der Waals surface area contributed by atoms with Crippen LogP contribution in [0, 0.1) is 10.1 Å². The summed E-state index contributed by atoms with van der Waals surface area (Å²) in [5, 5.41) is 27.9. The van der Waals surface area contributed by atoms with Gasteiger partial charge in [-0.05, 0) is 6.42 Å². The molecule has 1 amide bonds. The second kappa shape index (κ2) is 9.35. The molecule has 20 heavy (non-hydrogen) atoms. The first-order chi connectivity index (χ1) is 9.32. The average Bonchev–Trinajstić information content (AvgIpc) is 2.32. The van der Waals surface area contributed by atoms with Crippen LogP contribution in [0.4, 0.5) is 4.79 Å². The first kappa shape index (κ1) is 17.4. The Morgan fingerprint density at radius 2 is 1.90 bits per heavy atom. The molecule has 0 aliphatic carbocycles. The van der Waals surface area contributed by atoms with E-state index in [-0.39, 0.29) is 26.1 Å². The van der Waals surface area contributed by atoms with E-state index in [9.17, 15) is 24.5 Å². The van der Waals surface area contributed by atoms with Gasteiger partial charge in [-0.1, -0.05) is 0 Å². The van der Waals surface area contributed by atoms with E-state index >= 15 is 0 Å². The number of amides is 1. The summed E-state index contributed by atoms with van der Waals surface area (Å²) in [5.41, 5.74) is 0. The molecule has 0 heterocycles. The molecule has 0 spiro atoms. The third-order valence-corrected chi connectivity index (χ3v) is 1.96. The number of rotatable bonds is 10. The van der Waals surface area contributed by atoms with Gasteiger partial charge >= 0.3 is 18.0 Å². The van der Waals surface area contributed by atoms with Crippen molar-refractivity contribution in [3.63, 3.8) is 0 Å². The second-order valence-corrected chi connectivity index (χ2v) is 3.51. The van der Waals surface area contributed by atoms with Crippen molar-refractivity contribution < 1.29 is 39.3 Å². The van der Waals surface area contributed by atoms with E-state index in [1.807, 2.05) is 5.32 Å². The fourth-order valence-electron chi connectivity index (χ4n) is 1.07. The zero-order valence-electron chi connectivity index (χ0n) is 10.3. The summed E-state index contributed by atoms with van der Waals surface area (Å²) in [4.78, 5) is 46.0. The van der Waals surface area contributed by atoms with E-state index in [0.717, 1.165) is 0 Å². The summed E-state index contributed by atoms with van der Waals surface area (Å²) in [6.07, 6.45) is -1.71. The topological polar surface area (TPSA) is 165 Å². The molecule has 0 aromatic heterocycles. The number of carbonyl (C=O) groups excluding carboxylic acids is 1. The van der Waals surface area contributed by atoms with Crippen molar-refractivity contribution >= 4 is 18.0 Å². The van der Waals surface area contributed by atoms with Gasteiger partial charge in [0, 0.05) is 12.8 Å². The van der Waals surface area contributed by atoms with Crippen LogP contribution >= 0.6 is 0 Å². The molecule has 114 valence electrons. The molecule has 1 unspecified atom stereocenters. The highest BCUT2D eigenvalue weighted by Crippen LogP contribution is 1.99. The zero-order valence-corrected chi connectivity index (χ0v) is 10.3. The molecular weight excluding hydrogens is 280 g/mol. The minimum atomic E-state index is -1.39. The van der Waals surface area contributed by atoms with Crippen LogP contribution in [0.25, 0.3) is 0 Å². The van der Waals surface area contributed by atoms with Gasteiger partial charge in [-0.15, -0.1) is 10.1 Å². The van der Waals surface area contributed by atoms with Gasteiger partial charge in [0.15, 0.2) is 0 Å². The van der Waals surface area contributed by atoms with Gasteiger partial charge in [-0.3, -0.25) is 4.79 Å². The van der Waals surface area contributed by atoms with Crippen molar-refractivity contribution in [1.29, 1.82) is 0 Å². The van der Waals surface area contributed by atoms with E-state index in [1.165, 1.54) is 0 Å². The van der Waals surface area contributed by atoms with Gasteiger partial charge in [0.25, 0.3) is 5.09 Å². The fourth-order valence-corrected chi connectivity index (χ4v) is 1.07. The van der Waals surface area contributed by atoms with Crippen LogP contribution in [0.2, 0.25) is 0 Å². The first-order valence-electron chi connectivity index (χ1n) is 5.48. The molecule has 0 aliphatic heterocycles. The molecule has 0 saturated carbocycles. The fraction of sp³-hybridized carbons (Fsp3) is 0.667. The summed E-state index contributed by atoms with van der Waals surface area (Å²) in [5.74, 6) is -2.58. The van der Waals surface area contributed by atoms with Crippen LogP contribution in [-0.4, -0.2) is 52.6 Å². The number of nitrogens with zero attached hydrogens (tertiary/aromatic N) is 1. The molecule has 0 aliphatic rings. The van der Waals surface area contributed by atoms with Crippen LogP contribution in [-0.2, 0) is 19.2 Å². The maximum Gasteiger partial charge on any atom is 0.407 e. The van der Waals surface area contributed by atoms with Gasteiger partial charge in [0.1, 0.15) is 6.04 Å². The third-order valence-electron chi connectivity index (χ3n) is 1.96. The number of hydrogen-bond acceptors (Lipinski definition) is 7. The molecule has 0 saturated heterocycles. The number of carbonyl (C=O) groups is 3. The molecule has 11 nitrogen and oxygen atoms in total. The van der Waals surface area contributed by atoms with Crippen molar-refractivity contribution in [1.82, 2.24) is 5.32 Å². The Balaban J connectivity index is 3.92.